The molecular weight excluding hydrogens is 309 g/mol. The second-order valence-electron chi connectivity index (χ2n) is 4.95. The minimum Gasteiger partial charge on any atom is -0.333 e. The fraction of sp³-hybridized carbons (Fsp3) is 0.333. The van der Waals surface area contributed by atoms with Crippen molar-refractivity contribution in [2.45, 2.75) is 13.0 Å². The van der Waals surface area contributed by atoms with Crippen LogP contribution >= 0.6 is 24.8 Å². The number of nitrogens with one attached hydrogen (secondary N) is 1. The molecule has 2 aromatic rings. The Morgan fingerprint density at radius 2 is 2.14 bits per heavy atom. The van der Waals surface area contributed by atoms with Crippen molar-refractivity contribution in [1.29, 1.82) is 0 Å². The monoisotopic (exact) mass is 327 g/mol. The summed E-state index contributed by atoms with van der Waals surface area (Å²) < 4.78 is 0. The number of hydrogen-bond donors (Lipinski definition) is 1. The van der Waals surface area contributed by atoms with E-state index in [0.29, 0.717) is 0 Å². The highest BCUT2D eigenvalue weighted by atomic mass is 35.5. The lowest BCUT2D eigenvalue weighted by atomic mass is 10.0. The van der Waals surface area contributed by atoms with E-state index in [9.17, 15) is 4.79 Å². The molecule has 0 saturated carbocycles. The highest BCUT2D eigenvalue weighted by Crippen LogP contribution is 2.20. The van der Waals surface area contributed by atoms with Gasteiger partial charge in [-0.3, -0.25) is 9.78 Å². The van der Waals surface area contributed by atoms with Gasteiger partial charge in [0.15, 0.2) is 0 Å². The Labute approximate surface area is 136 Å². The van der Waals surface area contributed by atoms with Crippen LogP contribution in [-0.2, 0) is 0 Å². The van der Waals surface area contributed by atoms with Crippen LogP contribution in [0.5, 0.6) is 0 Å². The van der Waals surface area contributed by atoms with Crippen LogP contribution in [0.1, 0.15) is 17.3 Å². The van der Waals surface area contributed by atoms with Gasteiger partial charge in [-0.25, -0.2) is 0 Å². The smallest absolute Gasteiger partial charge is 0.254 e. The van der Waals surface area contributed by atoms with Crippen LogP contribution in [0.3, 0.4) is 0 Å². The number of halogens is 2. The van der Waals surface area contributed by atoms with Crippen molar-refractivity contribution >= 4 is 41.5 Å². The summed E-state index contributed by atoms with van der Waals surface area (Å²) in [5, 5.41) is 5.29. The topological polar surface area (TPSA) is 45.2 Å². The van der Waals surface area contributed by atoms with E-state index in [0.717, 1.165) is 36.0 Å². The van der Waals surface area contributed by atoms with Gasteiger partial charge in [0.25, 0.3) is 5.91 Å². The SMILES string of the molecule is C[C@H]1CNCCN1C(=O)c1cccc2cnccc12.Cl.Cl. The van der Waals surface area contributed by atoms with E-state index >= 15 is 0 Å². The average molecular weight is 328 g/mol. The molecule has 1 amide bonds. The number of piperazine rings is 1. The van der Waals surface area contributed by atoms with Gasteiger partial charge in [0.05, 0.1) is 0 Å². The first-order valence-corrected chi connectivity index (χ1v) is 6.62. The average Bonchev–Trinajstić information content (AvgIpc) is 2.46. The number of pyridine rings is 1. The fourth-order valence-electron chi connectivity index (χ4n) is 2.61. The lowest BCUT2D eigenvalue weighted by Crippen LogP contribution is -2.52. The number of carbonyl (C=O) groups excluding carboxylic acids is 1. The van der Waals surface area contributed by atoms with Gasteiger partial charge in [0.2, 0.25) is 0 Å². The van der Waals surface area contributed by atoms with E-state index in [1.54, 1.807) is 12.4 Å². The van der Waals surface area contributed by atoms with Gasteiger partial charge < -0.3 is 10.2 Å². The number of carbonyl (C=O) groups is 1. The number of aromatic nitrogens is 1. The van der Waals surface area contributed by atoms with E-state index in [1.807, 2.05) is 29.2 Å². The molecule has 1 atom stereocenters. The van der Waals surface area contributed by atoms with Crippen LogP contribution in [0.4, 0.5) is 0 Å². The third kappa shape index (κ3) is 3.46. The largest absolute Gasteiger partial charge is 0.333 e. The molecule has 4 nitrogen and oxygen atoms in total. The van der Waals surface area contributed by atoms with E-state index in [-0.39, 0.29) is 36.8 Å². The lowest BCUT2D eigenvalue weighted by Gasteiger charge is -2.34. The first kappa shape index (κ1) is 17.7. The summed E-state index contributed by atoms with van der Waals surface area (Å²) in [6.45, 7) is 4.57. The fourth-order valence-corrected chi connectivity index (χ4v) is 2.61. The molecule has 0 radical (unpaired) electrons. The molecule has 6 heteroatoms. The van der Waals surface area contributed by atoms with Crippen LogP contribution in [0.25, 0.3) is 10.8 Å². The summed E-state index contributed by atoms with van der Waals surface area (Å²) in [6, 6.07) is 7.96. The maximum Gasteiger partial charge on any atom is 0.254 e. The summed E-state index contributed by atoms with van der Waals surface area (Å²) in [5.74, 6) is 0.116. The molecular formula is C15H19Cl2N3O. The van der Waals surface area contributed by atoms with E-state index in [1.165, 1.54) is 0 Å². The van der Waals surface area contributed by atoms with Crippen molar-refractivity contribution in [3.8, 4) is 0 Å². The van der Waals surface area contributed by atoms with Gasteiger partial charge in [0.1, 0.15) is 0 Å². The predicted molar refractivity (Wildman–Crippen MR) is 89.6 cm³/mol. The molecule has 1 N–H and O–H groups in total. The summed E-state index contributed by atoms with van der Waals surface area (Å²) in [4.78, 5) is 18.8. The zero-order valence-electron chi connectivity index (χ0n) is 11.8. The molecule has 0 bridgehead atoms. The molecule has 0 aliphatic carbocycles. The van der Waals surface area contributed by atoms with Crippen molar-refractivity contribution in [2.24, 2.45) is 0 Å². The standard InChI is InChI=1S/C15H17N3O.2ClH/c1-11-9-17-7-8-18(11)15(19)14-4-2-3-12-10-16-6-5-13(12)14;;/h2-6,10-11,17H,7-9H2,1H3;2*1H/t11-;;/m0../s1. The zero-order valence-corrected chi connectivity index (χ0v) is 13.4. The molecule has 1 aromatic heterocycles. The minimum absolute atomic E-state index is 0. The zero-order chi connectivity index (χ0) is 13.2. The highest BCUT2D eigenvalue weighted by Gasteiger charge is 2.24. The van der Waals surface area contributed by atoms with Crippen molar-refractivity contribution in [1.82, 2.24) is 15.2 Å². The quantitative estimate of drug-likeness (QED) is 0.875. The third-order valence-corrected chi connectivity index (χ3v) is 3.67. The second kappa shape index (κ2) is 7.59. The number of rotatable bonds is 1. The molecule has 0 unspecified atom stereocenters. The van der Waals surface area contributed by atoms with Gasteiger partial charge in [-0.15, -0.1) is 24.8 Å². The highest BCUT2D eigenvalue weighted by molar-refractivity contribution is 6.06. The first-order valence-electron chi connectivity index (χ1n) is 6.62. The minimum atomic E-state index is 0. The van der Waals surface area contributed by atoms with E-state index in [4.69, 9.17) is 0 Å². The summed E-state index contributed by atoms with van der Waals surface area (Å²) in [5.41, 5.74) is 0.772. The molecule has 114 valence electrons. The Kier molecular flexibility index (Phi) is 6.40. The second-order valence-corrected chi connectivity index (χ2v) is 4.95. The Hall–Kier alpha value is -1.36. The van der Waals surface area contributed by atoms with Crippen molar-refractivity contribution in [3.05, 3.63) is 42.2 Å². The number of hydrogen-bond acceptors (Lipinski definition) is 3. The number of amides is 1. The van der Waals surface area contributed by atoms with Crippen LogP contribution in [0.2, 0.25) is 0 Å². The predicted octanol–water partition coefficient (Wildman–Crippen LogP) is 2.51. The van der Waals surface area contributed by atoms with Crippen molar-refractivity contribution < 1.29 is 4.79 Å². The molecule has 3 rings (SSSR count). The lowest BCUT2D eigenvalue weighted by molar-refractivity contribution is 0.0658. The maximum atomic E-state index is 12.7. The molecule has 1 aliphatic heterocycles. The molecule has 2 heterocycles. The van der Waals surface area contributed by atoms with Crippen LogP contribution < -0.4 is 5.32 Å². The van der Waals surface area contributed by atoms with E-state index in [2.05, 4.69) is 17.2 Å². The van der Waals surface area contributed by atoms with Gasteiger partial charge in [-0.1, -0.05) is 12.1 Å². The Bertz CT molecular complexity index is 615. The Balaban J connectivity index is 0.00000110. The van der Waals surface area contributed by atoms with Crippen LogP contribution in [0, 0.1) is 0 Å². The number of nitrogens with zero attached hydrogens (tertiary/aromatic N) is 2. The van der Waals surface area contributed by atoms with Gasteiger partial charge in [0, 0.05) is 49.0 Å². The normalized spacial score (nSPS) is 17.8. The Morgan fingerprint density at radius 1 is 1.33 bits per heavy atom. The summed E-state index contributed by atoms with van der Waals surface area (Å²) >= 11 is 0. The first-order chi connectivity index (χ1) is 9.27. The summed E-state index contributed by atoms with van der Waals surface area (Å²) in [7, 11) is 0. The number of fused-ring (bicyclic) bond motifs is 1. The molecule has 1 fully saturated rings. The number of benzene rings is 1. The van der Waals surface area contributed by atoms with Crippen molar-refractivity contribution in [2.75, 3.05) is 19.6 Å². The molecule has 1 aromatic carbocycles. The van der Waals surface area contributed by atoms with Gasteiger partial charge >= 0.3 is 0 Å². The molecule has 0 spiro atoms. The Morgan fingerprint density at radius 3 is 2.90 bits per heavy atom. The van der Waals surface area contributed by atoms with Gasteiger partial charge in [-0.2, -0.15) is 0 Å². The van der Waals surface area contributed by atoms with Crippen molar-refractivity contribution in [3.63, 3.8) is 0 Å². The summed E-state index contributed by atoms with van der Waals surface area (Å²) in [6.07, 6.45) is 3.54. The van der Waals surface area contributed by atoms with E-state index < -0.39 is 0 Å². The molecule has 21 heavy (non-hydrogen) atoms. The molecule has 1 aliphatic rings. The molecule has 1 saturated heterocycles. The van der Waals surface area contributed by atoms with Crippen LogP contribution in [-0.4, -0.2) is 41.5 Å². The third-order valence-electron chi connectivity index (χ3n) is 3.67. The van der Waals surface area contributed by atoms with Gasteiger partial charge in [-0.05, 0) is 24.4 Å². The maximum absolute atomic E-state index is 12.7. The van der Waals surface area contributed by atoms with Crippen LogP contribution in [0.15, 0.2) is 36.7 Å².